The molecule has 2 rings (SSSR count). The lowest BCUT2D eigenvalue weighted by Crippen LogP contribution is -2.52. The number of rotatable bonds is 5. The van der Waals surface area contributed by atoms with E-state index in [1.165, 1.54) is 38.5 Å². The Morgan fingerprint density at radius 1 is 0.909 bits per heavy atom. The molecule has 2 heteroatoms. The molecule has 0 bridgehead atoms. The third-order valence-electron chi connectivity index (χ3n) is 6.11. The second-order valence-electron chi connectivity index (χ2n) is 9.83. The summed E-state index contributed by atoms with van der Waals surface area (Å²) in [4.78, 5) is 0. The maximum Gasteiger partial charge on any atom is 0.0688 e. The van der Waals surface area contributed by atoms with Gasteiger partial charge in [0.2, 0.25) is 0 Å². The van der Waals surface area contributed by atoms with Crippen LogP contribution in [0.25, 0.3) is 0 Å². The van der Waals surface area contributed by atoms with Gasteiger partial charge in [-0.3, -0.25) is 0 Å². The molecule has 0 aromatic heterocycles. The summed E-state index contributed by atoms with van der Waals surface area (Å²) in [5, 5.41) is 21.0. The van der Waals surface area contributed by atoms with Crippen molar-refractivity contribution >= 4 is 0 Å². The van der Waals surface area contributed by atoms with Crippen LogP contribution in [-0.4, -0.2) is 22.4 Å². The standard InChI is InChI=1S/C20H38O2/c1-18(2)13-19(3,4)15-20(22,14-18)17(11-8-12-21)16-9-6-5-7-10-16/h16-17,21-22H,5-15H2,1-4H3. The van der Waals surface area contributed by atoms with Crippen LogP contribution in [0.1, 0.15) is 91.9 Å². The molecule has 2 nitrogen and oxygen atoms in total. The van der Waals surface area contributed by atoms with Gasteiger partial charge >= 0.3 is 0 Å². The molecule has 2 aliphatic rings. The molecule has 0 aromatic rings. The zero-order valence-corrected chi connectivity index (χ0v) is 15.3. The van der Waals surface area contributed by atoms with Gasteiger partial charge in [-0.15, -0.1) is 0 Å². The molecule has 0 saturated heterocycles. The van der Waals surface area contributed by atoms with Crippen LogP contribution >= 0.6 is 0 Å². The van der Waals surface area contributed by atoms with Crippen molar-refractivity contribution in [3.05, 3.63) is 0 Å². The van der Waals surface area contributed by atoms with Crippen LogP contribution in [0.2, 0.25) is 0 Å². The fraction of sp³-hybridized carbons (Fsp3) is 1.00. The van der Waals surface area contributed by atoms with E-state index < -0.39 is 5.60 Å². The molecule has 2 saturated carbocycles. The Labute approximate surface area is 137 Å². The molecule has 22 heavy (non-hydrogen) atoms. The van der Waals surface area contributed by atoms with Crippen molar-refractivity contribution in [3.63, 3.8) is 0 Å². The second kappa shape index (κ2) is 6.81. The van der Waals surface area contributed by atoms with Gasteiger partial charge in [-0.2, -0.15) is 0 Å². The molecule has 0 heterocycles. The van der Waals surface area contributed by atoms with Gasteiger partial charge < -0.3 is 10.2 Å². The van der Waals surface area contributed by atoms with E-state index >= 15 is 0 Å². The minimum atomic E-state index is -0.539. The Balaban J connectivity index is 2.22. The van der Waals surface area contributed by atoms with Crippen molar-refractivity contribution in [2.24, 2.45) is 22.7 Å². The zero-order chi connectivity index (χ0) is 16.4. The van der Waals surface area contributed by atoms with Crippen molar-refractivity contribution in [1.29, 1.82) is 0 Å². The van der Waals surface area contributed by atoms with Gasteiger partial charge in [-0.25, -0.2) is 0 Å². The molecular weight excluding hydrogens is 272 g/mol. The van der Waals surface area contributed by atoms with Crippen LogP contribution < -0.4 is 0 Å². The largest absolute Gasteiger partial charge is 0.396 e. The summed E-state index contributed by atoms with van der Waals surface area (Å²) in [5.41, 5.74) is -0.117. The first-order chi connectivity index (χ1) is 10.2. The van der Waals surface area contributed by atoms with Gasteiger partial charge in [0, 0.05) is 6.61 Å². The molecule has 0 aliphatic heterocycles. The summed E-state index contributed by atoms with van der Waals surface area (Å²) < 4.78 is 0. The fourth-order valence-corrected chi connectivity index (χ4v) is 6.19. The predicted molar refractivity (Wildman–Crippen MR) is 92.7 cm³/mol. The lowest BCUT2D eigenvalue weighted by Gasteiger charge is -2.54. The summed E-state index contributed by atoms with van der Waals surface area (Å²) in [6, 6.07) is 0. The van der Waals surface area contributed by atoms with Crippen molar-refractivity contribution < 1.29 is 10.2 Å². The highest BCUT2D eigenvalue weighted by molar-refractivity contribution is 5.02. The molecule has 0 aromatic carbocycles. The van der Waals surface area contributed by atoms with E-state index in [9.17, 15) is 10.2 Å². The van der Waals surface area contributed by atoms with Crippen LogP contribution in [0.5, 0.6) is 0 Å². The minimum absolute atomic E-state index is 0.211. The predicted octanol–water partition coefficient (Wildman–Crippen LogP) is 4.92. The van der Waals surface area contributed by atoms with Crippen molar-refractivity contribution in [2.45, 2.75) is 97.5 Å². The highest BCUT2D eigenvalue weighted by atomic mass is 16.3. The Morgan fingerprint density at radius 2 is 1.45 bits per heavy atom. The molecule has 0 radical (unpaired) electrons. The van der Waals surface area contributed by atoms with Gasteiger partial charge in [0.15, 0.2) is 0 Å². The van der Waals surface area contributed by atoms with Gasteiger partial charge in [-0.1, -0.05) is 59.8 Å². The SMILES string of the molecule is CC1(C)CC(C)(C)CC(O)(C(CCCO)C2CCCCC2)C1. The van der Waals surface area contributed by atoms with Gasteiger partial charge in [0.05, 0.1) is 5.60 Å². The van der Waals surface area contributed by atoms with Crippen molar-refractivity contribution in [2.75, 3.05) is 6.61 Å². The lowest BCUT2D eigenvalue weighted by molar-refractivity contribution is -0.141. The molecule has 2 N–H and O–H groups in total. The van der Waals surface area contributed by atoms with Crippen LogP contribution in [0.3, 0.4) is 0 Å². The first-order valence-electron chi connectivity index (χ1n) is 9.51. The lowest BCUT2D eigenvalue weighted by atomic mass is 9.54. The van der Waals surface area contributed by atoms with Gasteiger partial charge in [-0.05, 0) is 54.8 Å². The Hall–Kier alpha value is -0.0800. The third-order valence-corrected chi connectivity index (χ3v) is 6.11. The maximum atomic E-state index is 11.7. The quantitative estimate of drug-likeness (QED) is 0.756. The highest BCUT2D eigenvalue weighted by Gasteiger charge is 2.51. The minimum Gasteiger partial charge on any atom is -0.396 e. The van der Waals surface area contributed by atoms with E-state index in [-0.39, 0.29) is 17.4 Å². The normalized spacial score (nSPS) is 29.2. The van der Waals surface area contributed by atoms with Crippen LogP contribution in [-0.2, 0) is 0 Å². The molecule has 130 valence electrons. The monoisotopic (exact) mass is 310 g/mol. The van der Waals surface area contributed by atoms with E-state index in [2.05, 4.69) is 27.7 Å². The van der Waals surface area contributed by atoms with Gasteiger partial charge in [0.1, 0.15) is 0 Å². The summed E-state index contributed by atoms with van der Waals surface area (Å²) in [7, 11) is 0. The Morgan fingerprint density at radius 3 is 1.95 bits per heavy atom. The molecule has 1 unspecified atom stereocenters. The van der Waals surface area contributed by atoms with Crippen LogP contribution in [0, 0.1) is 22.7 Å². The third kappa shape index (κ3) is 4.47. The van der Waals surface area contributed by atoms with Crippen molar-refractivity contribution in [1.82, 2.24) is 0 Å². The molecule has 2 fully saturated rings. The average molecular weight is 311 g/mol. The fourth-order valence-electron chi connectivity index (χ4n) is 6.19. The maximum absolute atomic E-state index is 11.7. The van der Waals surface area contributed by atoms with E-state index in [4.69, 9.17) is 0 Å². The number of hydrogen-bond donors (Lipinski definition) is 2. The molecule has 1 atom stereocenters. The van der Waals surface area contributed by atoms with E-state index in [1.54, 1.807) is 0 Å². The molecule has 0 spiro atoms. The second-order valence-corrected chi connectivity index (χ2v) is 9.83. The highest BCUT2D eigenvalue weighted by Crippen LogP contribution is 2.55. The summed E-state index contributed by atoms with van der Waals surface area (Å²) in [5.74, 6) is 1.04. The van der Waals surface area contributed by atoms with Crippen LogP contribution in [0.4, 0.5) is 0 Å². The smallest absolute Gasteiger partial charge is 0.0688 e. The van der Waals surface area contributed by atoms with E-state index in [0.717, 1.165) is 25.7 Å². The number of hydrogen-bond acceptors (Lipinski definition) is 2. The van der Waals surface area contributed by atoms with Crippen LogP contribution in [0.15, 0.2) is 0 Å². The summed E-state index contributed by atoms with van der Waals surface area (Å²) >= 11 is 0. The molecule has 2 aliphatic carbocycles. The van der Waals surface area contributed by atoms with E-state index in [0.29, 0.717) is 11.8 Å². The molecular formula is C20H38O2. The summed E-state index contributed by atoms with van der Waals surface area (Å²) in [6.07, 6.45) is 11.4. The molecule has 0 amide bonds. The average Bonchev–Trinajstić information content (AvgIpc) is 2.35. The topological polar surface area (TPSA) is 40.5 Å². The van der Waals surface area contributed by atoms with Gasteiger partial charge in [0.25, 0.3) is 0 Å². The number of aliphatic hydroxyl groups excluding tert-OH is 1. The zero-order valence-electron chi connectivity index (χ0n) is 15.3. The first kappa shape index (κ1) is 18.3. The Kier molecular flexibility index (Phi) is 5.65. The Bertz CT molecular complexity index is 337. The number of aliphatic hydroxyl groups is 2. The van der Waals surface area contributed by atoms with Crippen molar-refractivity contribution in [3.8, 4) is 0 Å². The van der Waals surface area contributed by atoms with E-state index in [1.807, 2.05) is 0 Å². The summed E-state index contributed by atoms with van der Waals surface area (Å²) in [6.45, 7) is 9.55. The first-order valence-corrected chi connectivity index (χ1v) is 9.51.